The minimum atomic E-state index is -4.39. The maximum Gasteiger partial charge on any atom is 0.472 e. The molecule has 0 rings (SSSR count). The van der Waals surface area contributed by atoms with Crippen LogP contribution in [0.4, 0.5) is 0 Å². The molecule has 2 atom stereocenters. The quantitative estimate of drug-likeness (QED) is 0.0264. The number of carbonyl (C=O) groups is 2. The molecule has 0 aromatic carbocycles. The summed E-state index contributed by atoms with van der Waals surface area (Å²) in [6.07, 6.45) is 84.1. The normalized spacial score (nSPS) is 13.4. The van der Waals surface area contributed by atoms with E-state index < -0.39 is 26.5 Å². The van der Waals surface area contributed by atoms with Crippen molar-refractivity contribution >= 4 is 19.8 Å². The van der Waals surface area contributed by atoms with Crippen molar-refractivity contribution in [3.8, 4) is 0 Å². The van der Waals surface area contributed by atoms with Crippen LogP contribution in [-0.2, 0) is 32.7 Å². The second kappa shape index (κ2) is 64.6. The number of ether oxygens (including phenoxy) is 2. The van der Waals surface area contributed by atoms with Crippen LogP contribution >= 0.6 is 7.82 Å². The lowest BCUT2D eigenvalue weighted by atomic mass is 10.0. The lowest BCUT2D eigenvalue weighted by molar-refractivity contribution is -0.161. The summed E-state index contributed by atoms with van der Waals surface area (Å²) < 4.78 is 33.2. The van der Waals surface area contributed by atoms with Crippen LogP contribution in [0.3, 0.4) is 0 Å². The lowest BCUT2D eigenvalue weighted by Gasteiger charge is -2.19. The SMILES string of the molecule is CC/C=C\C/C=C\C/C=C\C/C=C\CCCCCCCCCCCCCCCCCCCCC(=O)OC(COC(=O)CCCCCCCCCCCCCCCCC/C=C\C/C=C\CCCCCCC)COP(=O)(O)OCCN. The van der Waals surface area contributed by atoms with Crippen molar-refractivity contribution in [1.29, 1.82) is 0 Å². The van der Waals surface area contributed by atoms with Gasteiger partial charge in [-0.05, 0) is 83.5 Å². The molecule has 0 saturated carbocycles. The number of carbonyl (C=O) groups excluding carboxylic acids is 2. The van der Waals surface area contributed by atoms with Gasteiger partial charge in [0.25, 0.3) is 0 Å². The van der Waals surface area contributed by atoms with Crippen molar-refractivity contribution in [3.63, 3.8) is 0 Å². The molecule has 2 unspecified atom stereocenters. The van der Waals surface area contributed by atoms with Crippen LogP contribution in [0.5, 0.6) is 0 Å². The Morgan fingerprint density at radius 1 is 0.392 bits per heavy atom. The first-order chi connectivity index (χ1) is 38.8. The van der Waals surface area contributed by atoms with E-state index in [0.29, 0.717) is 6.42 Å². The number of hydrogen-bond acceptors (Lipinski definition) is 8. The Bertz CT molecular complexity index is 1520. The highest BCUT2D eigenvalue weighted by molar-refractivity contribution is 7.47. The molecular weight excluding hydrogens is 1000 g/mol. The van der Waals surface area contributed by atoms with Crippen LogP contribution in [0.25, 0.3) is 0 Å². The molecule has 460 valence electrons. The first kappa shape index (κ1) is 76.5. The Kier molecular flexibility index (Phi) is 62.5. The third-order valence-electron chi connectivity index (χ3n) is 14.6. The molecule has 0 aliphatic heterocycles. The summed E-state index contributed by atoms with van der Waals surface area (Å²) in [5.74, 6) is -0.814. The summed E-state index contributed by atoms with van der Waals surface area (Å²) in [6, 6.07) is 0. The van der Waals surface area contributed by atoms with Crippen molar-refractivity contribution in [2.24, 2.45) is 5.73 Å². The number of rotatable bonds is 63. The maximum absolute atomic E-state index is 12.8. The lowest BCUT2D eigenvalue weighted by Crippen LogP contribution is -2.29. The van der Waals surface area contributed by atoms with Crippen molar-refractivity contribution in [3.05, 3.63) is 72.9 Å². The predicted octanol–water partition coefficient (Wildman–Crippen LogP) is 21.6. The van der Waals surface area contributed by atoms with Crippen molar-refractivity contribution in [1.82, 2.24) is 0 Å². The van der Waals surface area contributed by atoms with Gasteiger partial charge >= 0.3 is 19.8 Å². The van der Waals surface area contributed by atoms with E-state index in [-0.39, 0.29) is 38.6 Å². The summed E-state index contributed by atoms with van der Waals surface area (Å²) in [5, 5.41) is 0. The van der Waals surface area contributed by atoms with E-state index in [1.807, 2.05) is 0 Å². The minimum absolute atomic E-state index is 0.0532. The molecular formula is C69H126NO8P. The van der Waals surface area contributed by atoms with Gasteiger partial charge in [0, 0.05) is 19.4 Å². The fraction of sp³-hybridized carbons (Fsp3) is 0.797. The average Bonchev–Trinajstić information content (AvgIpc) is 3.44. The molecule has 9 nitrogen and oxygen atoms in total. The van der Waals surface area contributed by atoms with E-state index in [9.17, 15) is 19.0 Å². The molecule has 0 bridgehead atoms. The molecule has 0 aliphatic rings. The van der Waals surface area contributed by atoms with E-state index in [2.05, 4.69) is 86.8 Å². The van der Waals surface area contributed by atoms with E-state index in [4.69, 9.17) is 24.3 Å². The molecule has 0 fully saturated rings. The number of unbranched alkanes of at least 4 members (excludes halogenated alkanes) is 38. The summed E-state index contributed by atoms with van der Waals surface area (Å²) in [5.41, 5.74) is 5.40. The fourth-order valence-corrected chi connectivity index (χ4v) is 10.4. The van der Waals surface area contributed by atoms with Gasteiger partial charge in [0.05, 0.1) is 13.2 Å². The van der Waals surface area contributed by atoms with Gasteiger partial charge in [-0.1, -0.05) is 299 Å². The first-order valence-corrected chi connectivity index (χ1v) is 34.9. The second-order valence-electron chi connectivity index (χ2n) is 22.3. The van der Waals surface area contributed by atoms with Crippen LogP contribution in [-0.4, -0.2) is 49.3 Å². The largest absolute Gasteiger partial charge is 0.472 e. The Morgan fingerprint density at radius 3 is 1.04 bits per heavy atom. The van der Waals surface area contributed by atoms with E-state index >= 15 is 0 Å². The van der Waals surface area contributed by atoms with Gasteiger partial charge < -0.3 is 20.1 Å². The zero-order chi connectivity index (χ0) is 57.3. The Balaban J connectivity index is 3.87. The zero-order valence-electron chi connectivity index (χ0n) is 51.6. The first-order valence-electron chi connectivity index (χ1n) is 33.4. The number of allylic oxidation sites excluding steroid dienone is 12. The molecule has 0 radical (unpaired) electrons. The van der Waals surface area contributed by atoms with Gasteiger partial charge in [-0.3, -0.25) is 18.6 Å². The van der Waals surface area contributed by atoms with Gasteiger partial charge in [0.1, 0.15) is 6.61 Å². The van der Waals surface area contributed by atoms with Crippen molar-refractivity contribution in [2.45, 2.75) is 328 Å². The van der Waals surface area contributed by atoms with E-state index in [1.165, 1.54) is 218 Å². The van der Waals surface area contributed by atoms with E-state index in [1.54, 1.807) is 0 Å². The maximum atomic E-state index is 12.8. The molecule has 3 N–H and O–H groups in total. The molecule has 79 heavy (non-hydrogen) atoms. The number of esters is 2. The highest BCUT2D eigenvalue weighted by atomic mass is 31.2. The smallest absolute Gasteiger partial charge is 0.462 e. The third-order valence-corrected chi connectivity index (χ3v) is 15.6. The highest BCUT2D eigenvalue weighted by Crippen LogP contribution is 2.43. The third kappa shape index (κ3) is 64.5. The van der Waals surface area contributed by atoms with Crippen LogP contribution in [0.15, 0.2) is 72.9 Å². The van der Waals surface area contributed by atoms with Crippen molar-refractivity contribution in [2.75, 3.05) is 26.4 Å². The van der Waals surface area contributed by atoms with Gasteiger partial charge in [0.2, 0.25) is 0 Å². The molecule has 0 aliphatic carbocycles. The number of nitrogens with two attached hydrogens (primary N) is 1. The minimum Gasteiger partial charge on any atom is -0.462 e. The summed E-state index contributed by atoms with van der Waals surface area (Å²) in [7, 11) is -4.39. The molecule has 0 spiro atoms. The molecule has 0 aromatic rings. The van der Waals surface area contributed by atoms with Crippen molar-refractivity contribution < 1.29 is 37.6 Å². The fourth-order valence-electron chi connectivity index (χ4n) is 9.66. The molecule has 0 amide bonds. The standard InChI is InChI=1S/C69H126NO8P/c1-3-5-7-9-11-13-15-17-19-21-23-25-27-29-31-32-33-34-36-38-40-42-44-46-48-50-52-54-56-58-60-62-69(72)78-67(66-77-79(73,74)76-64-63-70)65-75-68(71)61-59-57-55-53-51-49-47-45-43-41-39-37-35-30-28-26-24-22-20-18-16-14-12-10-8-6-4-2/h5,7,11,13,16-19,22-25,67H,3-4,6,8-10,12,14-15,20-21,26-66,70H2,1-2H3,(H,73,74)/b7-5-,13-11-,18-16-,19-17-,24-22-,25-23-. The number of hydrogen-bond donors (Lipinski definition) is 2. The van der Waals surface area contributed by atoms with Crippen LogP contribution < -0.4 is 5.73 Å². The van der Waals surface area contributed by atoms with Crippen LogP contribution in [0.1, 0.15) is 322 Å². The summed E-state index contributed by atoms with van der Waals surface area (Å²) in [6.45, 7) is 3.67. The summed E-state index contributed by atoms with van der Waals surface area (Å²) in [4.78, 5) is 35.3. The Labute approximate surface area is 488 Å². The topological polar surface area (TPSA) is 134 Å². The average molecular weight is 1130 g/mol. The zero-order valence-corrected chi connectivity index (χ0v) is 52.5. The monoisotopic (exact) mass is 1130 g/mol. The molecule has 0 aromatic heterocycles. The van der Waals surface area contributed by atoms with Crippen LogP contribution in [0, 0.1) is 0 Å². The molecule has 0 saturated heterocycles. The highest BCUT2D eigenvalue weighted by Gasteiger charge is 2.26. The number of phosphoric acid groups is 1. The van der Waals surface area contributed by atoms with Gasteiger partial charge in [-0.25, -0.2) is 4.57 Å². The number of phosphoric ester groups is 1. The summed E-state index contributed by atoms with van der Waals surface area (Å²) >= 11 is 0. The molecule has 0 heterocycles. The molecule has 10 heteroatoms. The van der Waals surface area contributed by atoms with Crippen LogP contribution in [0.2, 0.25) is 0 Å². The van der Waals surface area contributed by atoms with Gasteiger partial charge in [0.15, 0.2) is 6.10 Å². The van der Waals surface area contributed by atoms with Gasteiger partial charge in [-0.15, -0.1) is 0 Å². The van der Waals surface area contributed by atoms with Gasteiger partial charge in [-0.2, -0.15) is 0 Å². The predicted molar refractivity (Wildman–Crippen MR) is 339 cm³/mol. The Morgan fingerprint density at radius 2 is 0.696 bits per heavy atom. The second-order valence-corrected chi connectivity index (χ2v) is 23.8. The van der Waals surface area contributed by atoms with E-state index in [0.717, 1.165) is 70.6 Å². The Hall–Kier alpha value is -2.55.